The molecule has 0 aliphatic rings. The summed E-state index contributed by atoms with van der Waals surface area (Å²) in [6.07, 6.45) is 0. The normalized spacial score (nSPS) is 11.3. The Labute approximate surface area is 190 Å². The molecule has 0 saturated heterocycles. The van der Waals surface area contributed by atoms with E-state index < -0.39 is 0 Å². The lowest BCUT2D eigenvalue weighted by atomic mass is 10.1. The van der Waals surface area contributed by atoms with Crippen molar-refractivity contribution in [2.75, 3.05) is 6.61 Å². The molecule has 0 N–H and O–H groups in total. The van der Waals surface area contributed by atoms with Gasteiger partial charge in [-0.3, -0.25) is 0 Å². The van der Waals surface area contributed by atoms with Crippen molar-refractivity contribution in [1.29, 1.82) is 0 Å². The summed E-state index contributed by atoms with van der Waals surface area (Å²) >= 11 is 7.77. The second-order valence-electron chi connectivity index (χ2n) is 7.24. The van der Waals surface area contributed by atoms with Crippen molar-refractivity contribution >= 4 is 45.2 Å². The van der Waals surface area contributed by atoms with Gasteiger partial charge in [0.25, 0.3) is 0 Å². The quantitative estimate of drug-likeness (QED) is 0.248. The average molecular weight is 445 g/mol. The number of thioether (sulfide) groups is 1. The van der Waals surface area contributed by atoms with Gasteiger partial charge in [0.05, 0.1) is 23.3 Å². The van der Waals surface area contributed by atoms with Crippen LogP contribution in [-0.4, -0.2) is 16.2 Å². The Kier molecular flexibility index (Phi) is 5.83. The largest absolute Gasteiger partial charge is 0.491 e. The molecule has 1 heterocycles. The van der Waals surface area contributed by atoms with Crippen molar-refractivity contribution in [2.45, 2.75) is 17.2 Å². The zero-order valence-corrected chi connectivity index (χ0v) is 18.4. The van der Waals surface area contributed by atoms with Crippen LogP contribution in [0.1, 0.15) is 5.82 Å². The fourth-order valence-electron chi connectivity index (χ4n) is 3.73. The van der Waals surface area contributed by atoms with E-state index in [1.54, 1.807) is 11.8 Å². The van der Waals surface area contributed by atoms with E-state index in [0.29, 0.717) is 6.61 Å². The summed E-state index contributed by atoms with van der Waals surface area (Å²) in [4.78, 5) is 6.06. The Balaban J connectivity index is 1.35. The van der Waals surface area contributed by atoms with Gasteiger partial charge in [-0.1, -0.05) is 60.1 Å². The van der Waals surface area contributed by atoms with Gasteiger partial charge in [-0.25, -0.2) is 4.98 Å². The number of nitrogens with zero attached hydrogens (tertiary/aromatic N) is 2. The van der Waals surface area contributed by atoms with Crippen LogP contribution in [0, 0.1) is 0 Å². The molecule has 0 spiro atoms. The second kappa shape index (κ2) is 9.04. The molecule has 31 heavy (non-hydrogen) atoms. The number of ether oxygens (including phenoxy) is 1. The molecule has 4 aromatic carbocycles. The van der Waals surface area contributed by atoms with Gasteiger partial charge < -0.3 is 9.30 Å². The summed E-state index contributed by atoms with van der Waals surface area (Å²) in [5.41, 5.74) is 2.15. The molecule has 0 aliphatic carbocycles. The van der Waals surface area contributed by atoms with Gasteiger partial charge in [0.15, 0.2) is 0 Å². The summed E-state index contributed by atoms with van der Waals surface area (Å²) in [6, 6.07) is 30.7. The minimum absolute atomic E-state index is 0.576. The van der Waals surface area contributed by atoms with Crippen LogP contribution in [0.3, 0.4) is 0 Å². The molecule has 0 atom stereocenters. The smallest absolute Gasteiger partial charge is 0.127 e. The first-order valence-electron chi connectivity index (χ1n) is 10.2. The highest BCUT2D eigenvalue weighted by Gasteiger charge is 2.11. The molecular formula is C26H21ClN2OS. The van der Waals surface area contributed by atoms with Gasteiger partial charge >= 0.3 is 0 Å². The van der Waals surface area contributed by atoms with E-state index in [4.69, 9.17) is 21.3 Å². The van der Waals surface area contributed by atoms with E-state index in [1.165, 1.54) is 10.3 Å². The Hall–Kier alpha value is -2.95. The van der Waals surface area contributed by atoms with Gasteiger partial charge in [0.2, 0.25) is 0 Å². The second-order valence-corrected chi connectivity index (χ2v) is 8.72. The third-order valence-electron chi connectivity index (χ3n) is 5.24. The molecule has 3 nitrogen and oxygen atoms in total. The molecule has 0 aliphatic heterocycles. The maximum Gasteiger partial charge on any atom is 0.127 e. The van der Waals surface area contributed by atoms with Gasteiger partial charge in [-0.2, -0.15) is 0 Å². The summed E-state index contributed by atoms with van der Waals surface area (Å²) in [5.74, 6) is 2.74. The van der Waals surface area contributed by atoms with Crippen LogP contribution in [0.5, 0.6) is 5.75 Å². The topological polar surface area (TPSA) is 27.1 Å². The zero-order chi connectivity index (χ0) is 21.0. The van der Waals surface area contributed by atoms with Crippen molar-refractivity contribution in [1.82, 2.24) is 9.55 Å². The molecule has 0 fully saturated rings. The summed E-state index contributed by atoms with van der Waals surface area (Å²) in [6.45, 7) is 1.31. The van der Waals surface area contributed by atoms with Crippen LogP contribution in [0.4, 0.5) is 0 Å². The molecule has 0 amide bonds. The molecule has 5 rings (SSSR count). The predicted octanol–water partition coefficient (Wildman–Crippen LogP) is 7.21. The average Bonchev–Trinajstić information content (AvgIpc) is 3.16. The Morgan fingerprint density at radius 3 is 2.52 bits per heavy atom. The highest BCUT2D eigenvalue weighted by atomic mass is 35.5. The van der Waals surface area contributed by atoms with Gasteiger partial charge in [-0.15, -0.1) is 11.8 Å². The number of imidazole rings is 1. The third kappa shape index (κ3) is 4.41. The highest BCUT2D eigenvalue weighted by molar-refractivity contribution is 7.98. The maximum atomic E-state index is 6.20. The number of halogens is 1. The standard InChI is InChI=1S/C26H21ClN2OS/c27-20-12-14-21(15-13-20)31-18-26-28-23-9-3-4-10-24(23)29(26)16-17-30-25-11-5-7-19-6-1-2-8-22(19)25/h1-15H,16-18H2. The fourth-order valence-corrected chi connectivity index (χ4v) is 4.70. The maximum absolute atomic E-state index is 6.20. The number of aromatic nitrogens is 2. The Bertz CT molecular complexity index is 1330. The first-order valence-corrected chi connectivity index (χ1v) is 11.6. The summed E-state index contributed by atoms with van der Waals surface area (Å²) in [5, 5.41) is 3.08. The fraction of sp³-hybridized carbons (Fsp3) is 0.115. The van der Waals surface area contributed by atoms with Crippen molar-refractivity contribution in [3.63, 3.8) is 0 Å². The lowest BCUT2D eigenvalue weighted by Gasteiger charge is -2.12. The van der Waals surface area contributed by atoms with Crippen LogP contribution in [0.2, 0.25) is 5.02 Å². The molecule has 154 valence electrons. The van der Waals surface area contributed by atoms with Crippen LogP contribution < -0.4 is 4.74 Å². The Morgan fingerprint density at radius 1 is 0.839 bits per heavy atom. The van der Waals surface area contributed by atoms with Gasteiger partial charge in [-0.05, 0) is 47.9 Å². The number of hydrogen-bond acceptors (Lipinski definition) is 3. The van der Waals surface area contributed by atoms with Gasteiger partial charge in [0, 0.05) is 15.3 Å². The zero-order valence-electron chi connectivity index (χ0n) is 16.9. The van der Waals surface area contributed by atoms with Crippen LogP contribution in [0.15, 0.2) is 95.9 Å². The van der Waals surface area contributed by atoms with E-state index in [0.717, 1.165) is 45.3 Å². The van der Waals surface area contributed by atoms with Crippen molar-refractivity contribution in [3.8, 4) is 5.75 Å². The lowest BCUT2D eigenvalue weighted by molar-refractivity contribution is 0.302. The predicted molar refractivity (Wildman–Crippen MR) is 130 cm³/mol. The minimum Gasteiger partial charge on any atom is -0.491 e. The SMILES string of the molecule is Clc1ccc(SCc2nc3ccccc3n2CCOc2cccc3ccccc23)cc1. The van der Waals surface area contributed by atoms with E-state index in [1.807, 2.05) is 54.6 Å². The lowest BCUT2D eigenvalue weighted by Crippen LogP contribution is -2.11. The molecule has 5 aromatic rings. The first-order chi connectivity index (χ1) is 15.3. The van der Waals surface area contributed by atoms with Gasteiger partial charge in [0.1, 0.15) is 18.2 Å². The molecule has 0 radical (unpaired) electrons. The molecule has 1 aromatic heterocycles. The minimum atomic E-state index is 0.576. The summed E-state index contributed by atoms with van der Waals surface area (Å²) < 4.78 is 8.47. The number of rotatable bonds is 7. The molecular weight excluding hydrogens is 424 g/mol. The first kappa shape index (κ1) is 20.0. The van der Waals surface area contributed by atoms with E-state index >= 15 is 0 Å². The van der Waals surface area contributed by atoms with Crippen LogP contribution >= 0.6 is 23.4 Å². The van der Waals surface area contributed by atoms with Crippen molar-refractivity contribution < 1.29 is 4.74 Å². The molecule has 0 unspecified atom stereocenters. The molecule has 0 bridgehead atoms. The monoisotopic (exact) mass is 444 g/mol. The Morgan fingerprint density at radius 2 is 1.61 bits per heavy atom. The van der Waals surface area contributed by atoms with Crippen molar-refractivity contribution in [2.24, 2.45) is 0 Å². The third-order valence-corrected chi connectivity index (χ3v) is 6.50. The van der Waals surface area contributed by atoms with E-state index in [9.17, 15) is 0 Å². The number of fused-ring (bicyclic) bond motifs is 2. The van der Waals surface area contributed by atoms with Crippen molar-refractivity contribution in [3.05, 3.63) is 102 Å². The molecule has 5 heteroatoms. The summed E-state index contributed by atoms with van der Waals surface area (Å²) in [7, 11) is 0. The number of benzene rings is 4. The highest BCUT2D eigenvalue weighted by Crippen LogP contribution is 2.27. The van der Waals surface area contributed by atoms with E-state index in [-0.39, 0.29) is 0 Å². The van der Waals surface area contributed by atoms with E-state index in [2.05, 4.69) is 41.0 Å². The van der Waals surface area contributed by atoms with Crippen LogP contribution in [0.25, 0.3) is 21.8 Å². The van der Waals surface area contributed by atoms with Crippen LogP contribution in [-0.2, 0) is 12.3 Å². The molecule has 0 saturated carbocycles. The number of para-hydroxylation sites is 2. The number of hydrogen-bond donors (Lipinski definition) is 0.